The first-order valence-electron chi connectivity index (χ1n) is 16.5. The molecule has 2 fully saturated rings. The molecule has 250 valence electrons. The van der Waals surface area contributed by atoms with Crippen LogP contribution >= 0.6 is 0 Å². The van der Waals surface area contributed by atoms with Crippen molar-refractivity contribution in [2.45, 2.75) is 32.6 Å². The van der Waals surface area contributed by atoms with Crippen LogP contribution in [0.25, 0.3) is 27.7 Å². The molecule has 12 heteroatoms. The lowest BCUT2D eigenvalue weighted by Crippen LogP contribution is -2.56. The molecule has 0 radical (unpaired) electrons. The topological polar surface area (TPSA) is 109 Å². The number of aryl methyl sites for hydroxylation is 2. The van der Waals surface area contributed by atoms with E-state index in [-0.39, 0.29) is 11.8 Å². The number of rotatable bonds is 7. The maximum Gasteiger partial charge on any atom is 0.272 e. The maximum atomic E-state index is 13.5. The summed E-state index contributed by atoms with van der Waals surface area (Å²) >= 11 is 0. The fraction of sp³-hybridized carbons (Fsp3) is 0.389. The van der Waals surface area contributed by atoms with E-state index in [0.717, 1.165) is 97.1 Å². The van der Waals surface area contributed by atoms with Gasteiger partial charge in [-0.15, -0.1) is 0 Å². The van der Waals surface area contributed by atoms with Crippen molar-refractivity contribution < 1.29 is 19.1 Å². The Morgan fingerprint density at radius 1 is 0.917 bits per heavy atom. The standard InChI is InChI=1S/C36H42N8O4/c1-23-34-33(39-35(44(34)16-13-37-23)25-11-14-42(15-12-25)43-19-17-41(18-20-43)24(2)45)26-9-10-28(32(21-26)48-5)38-36(46)30-22-27-29(40(30)3)7-6-8-31(27)47-4/h6-10,13,16,21-22,25H,11-12,14-15,17-20H2,1-5H3,(H,38,46). The SMILES string of the molecule is COc1cc(-c2nc(C3CCN(N4CCN(C(C)=O)CC4)CC3)n3ccnc(C)c23)ccc1NC(=O)c1cc2c(OC)cccc2n1C. The molecule has 5 aromatic rings. The Hall–Kier alpha value is -4.94. The number of benzene rings is 2. The van der Waals surface area contributed by atoms with E-state index in [9.17, 15) is 9.59 Å². The van der Waals surface area contributed by atoms with Gasteiger partial charge in [-0.05, 0) is 50.1 Å². The molecule has 12 nitrogen and oxygen atoms in total. The highest BCUT2D eigenvalue weighted by Gasteiger charge is 2.30. The molecule has 0 spiro atoms. The number of anilines is 1. The number of ether oxygens (including phenoxy) is 2. The molecule has 1 N–H and O–H groups in total. The van der Waals surface area contributed by atoms with Gasteiger partial charge in [0.1, 0.15) is 23.0 Å². The molecule has 2 amide bonds. The number of fused-ring (bicyclic) bond motifs is 2. The fourth-order valence-corrected chi connectivity index (χ4v) is 7.27. The van der Waals surface area contributed by atoms with Crippen molar-refractivity contribution in [1.29, 1.82) is 0 Å². The molecule has 0 atom stereocenters. The van der Waals surface area contributed by atoms with Gasteiger partial charge in [0.15, 0.2) is 0 Å². The van der Waals surface area contributed by atoms with Gasteiger partial charge in [-0.1, -0.05) is 12.1 Å². The van der Waals surface area contributed by atoms with Gasteiger partial charge in [0.2, 0.25) is 5.91 Å². The predicted octanol–water partition coefficient (Wildman–Crippen LogP) is 4.72. The Morgan fingerprint density at radius 3 is 2.35 bits per heavy atom. The molecule has 48 heavy (non-hydrogen) atoms. The Morgan fingerprint density at radius 2 is 1.65 bits per heavy atom. The van der Waals surface area contributed by atoms with Crippen LogP contribution in [0.4, 0.5) is 5.69 Å². The summed E-state index contributed by atoms with van der Waals surface area (Å²) in [5.41, 5.74) is 5.59. The third-order valence-corrected chi connectivity index (χ3v) is 9.93. The van der Waals surface area contributed by atoms with E-state index >= 15 is 0 Å². The first kappa shape index (κ1) is 31.6. The van der Waals surface area contributed by atoms with E-state index in [1.54, 1.807) is 21.1 Å². The van der Waals surface area contributed by atoms with E-state index in [0.29, 0.717) is 23.0 Å². The Bertz CT molecular complexity index is 2000. The summed E-state index contributed by atoms with van der Waals surface area (Å²) in [7, 11) is 5.10. The van der Waals surface area contributed by atoms with Crippen LogP contribution in [0.5, 0.6) is 11.5 Å². The lowest BCUT2D eigenvalue weighted by Gasteiger charge is -2.43. The fourth-order valence-electron chi connectivity index (χ4n) is 7.27. The Labute approximate surface area is 279 Å². The first-order chi connectivity index (χ1) is 23.3. The quantitative estimate of drug-likeness (QED) is 0.270. The van der Waals surface area contributed by atoms with Crippen molar-refractivity contribution >= 4 is 33.9 Å². The zero-order chi connectivity index (χ0) is 33.5. The van der Waals surface area contributed by atoms with Crippen LogP contribution in [-0.4, -0.2) is 99.2 Å². The lowest BCUT2D eigenvalue weighted by molar-refractivity contribution is -0.135. The number of nitrogens with one attached hydrogen (secondary N) is 1. The molecule has 3 aromatic heterocycles. The number of hydrazine groups is 1. The molecule has 0 aliphatic carbocycles. The minimum Gasteiger partial charge on any atom is -0.496 e. The van der Waals surface area contributed by atoms with Crippen LogP contribution in [0.15, 0.2) is 54.9 Å². The van der Waals surface area contributed by atoms with Crippen LogP contribution in [0.1, 0.15) is 47.7 Å². The van der Waals surface area contributed by atoms with Crippen LogP contribution in [0, 0.1) is 6.92 Å². The summed E-state index contributed by atoms with van der Waals surface area (Å²) in [5, 5.41) is 8.78. The normalized spacial score (nSPS) is 16.5. The summed E-state index contributed by atoms with van der Waals surface area (Å²) < 4.78 is 15.4. The number of hydrogen-bond donors (Lipinski definition) is 1. The zero-order valence-electron chi connectivity index (χ0n) is 28.2. The Balaban J connectivity index is 1.13. The lowest BCUT2D eigenvalue weighted by atomic mass is 9.96. The van der Waals surface area contributed by atoms with Gasteiger partial charge in [0.25, 0.3) is 5.91 Å². The minimum atomic E-state index is -0.247. The van der Waals surface area contributed by atoms with Crippen molar-refractivity contribution in [3.05, 3.63) is 72.1 Å². The van der Waals surface area contributed by atoms with E-state index in [1.165, 1.54) is 0 Å². The molecular weight excluding hydrogens is 608 g/mol. The molecule has 0 saturated carbocycles. The van der Waals surface area contributed by atoms with Gasteiger partial charge in [0, 0.05) is 82.5 Å². The smallest absolute Gasteiger partial charge is 0.272 e. The number of imidazole rings is 1. The average Bonchev–Trinajstić information content (AvgIpc) is 3.67. The van der Waals surface area contributed by atoms with Crippen LogP contribution in [0.3, 0.4) is 0 Å². The van der Waals surface area contributed by atoms with Gasteiger partial charge >= 0.3 is 0 Å². The predicted molar refractivity (Wildman–Crippen MR) is 185 cm³/mol. The Kier molecular flexibility index (Phi) is 8.52. The van der Waals surface area contributed by atoms with Crippen molar-refractivity contribution in [3.8, 4) is 22.8 Å². The largest absolute Gasteiger partial charge is 0.496 e. The second-order valence-electron chi connectivity index (χ2n) is 12.6. The molecule has 2 aliphatic rings. The number of hydrogen-bond acceptors (Lipinski definition) is 8. The van der Waals surface area contributed by atoms with Crippen molar-refractivity contribution in [3.63, 3.8) is 0 Å². The van der Waals surface area contributed by atoms with Crippen LogP contribution in [0.2, 0.25) is 0 Å². The van der Waals surface area contributed by atoms with E-state index in [1.807, 2.05) is 78.3 Å². The van der Waals surface area contributed by atoms with Gasteiger partial charge in [-0.25, -0.2) is 15.0 Å². The minimum absolute atomic E-state index is 0.152. The van der Waals surface area contributed by atoms with Crippen LogP contribution < -0.4 is 14.8 Å². The van der Waals surface area contributed by atoms with Crippen molar-refractivity contribution in [2.75, 3.05) is 58.8 Å². The summed E-state index contributed by atoms with van der Waals surface area (Å²) in [6.07, 6.45) is 5.82. The monoisotopic (exact) mass is 650 g/mol. The molecule has 2 saturated heterocycles. The number of carbonyl (C=O) groups is 2. The maximum absolute atomic E-state index is 13.5. The van der Waals surface area contributed by atoms with Gasteiger partial charge < -0.3 is 24.3 Å². The van der Waals surface area contributed by atoms with Crippen LogP contribution in [-0.2, 0) is 11.8 Å². The van der Waals surface area contributed by atoms with Gasteiger partial charge in [0.05, 0.1) is 42.3 Å². The summed E-state index contributed by atoms with van der Waals surface area (Å²) in [5.74, 6) is 2.50. The zero-order valence-corrected chi connectivity index (χ0v) is 28.2. The molecule has 7 rings (SSSR count). The summed E-state index contributed by atoms with van der Waals surface area (Å²) in [6, 6.07) is 13.4. The van der Waals surface area contributed by atoms with Crippen molar-refractivity contribution in [1.82, 2.24) is 33.9 Å². The molecule has 5 heterocycles. The van der Waals surface area contributed by atoms with E-state index in [2.05, 4.69) is 24.7 Å². The summed E-state index contributed by atoms with van der Waals surface area (Å²) in [4.78, 5) is 37.1. The highest BCUT2D eigenvalue weighted by molar-refractivity contribution is 6.08. The van der Waals surface area contributed by atoms with E-state index < -0.39 is 0 Å². The van der Waals surface area contributed by atoms with Crippen molar-refractivity contribution in [2.24, 2.45) is 7.05 Å². The second-order valence-corrected chi connectivity index (χ2v) is 12.6. The molecule has 0 unspecified atom stereocenters. The molecule has 0 bridgehead atoms. The molecular formula is C36H42N8O4. The highest BCUT2D eigenvalue weighted by atomic mass is 16.5. The number of piperazine rings is 1. The number of carbonyl (C=O) groups excluding carboxylic acids is 2. The average molecular weight is 651 g/mol. The van der Waals surface area contributed by atoms with Gasteiger partial charge in [-0.2, -0.15) is 0 Å². The third kappa shape index (κ3) is 5.64. The first-order valence-corrected chi connectivity index (χ1v) is 16.5. The van der Waals surface area contributed by atoms with E-state index in [4.69, 9.17) is 14.5 Å². The highest BCUT2D eigenvalue weighted by Crippen LogP contribution is 2.37. The summed E-state index contributed by atoms with van der Waals surface area (Å²) in [6.45, 7) is 8.87. The number of amides is 2. The number of methoxy groups -OCH3 is 2. The van der Waals surface area contributed by atoms with Gasteiger partial charge in [-0.3, -0.25) is 19.0 Å². The number of piperidine rings is 1. The molecule has 2 aromatic carbocycles. The number of nitrogens with zero attached hydrogens (tertiary/aromatic N) is 7. The third-order valence-electron chi connectivity index (χ3n) is 9.93. The molecule has 2 aliphatic heterocycles. The second kappa shape index (κ2) is 12.9. The number of aromatic nitrogens is 4.